The Morgan fingerprint density at radius 2 is 1.88 bits per heavy atom. The second-order valence-corrected chi connectivity index (χ2v) is 6.91. The summed E-state index contributed by atoms with van der Waals surface area (Å²) < 4.78 is 5.10. The average Bonchev–Trinajstić information content (AvgIpc) is 2.64. The van der Waals surface area contributed by atoms with Crippen LogP contribution in [0.1, 0.15) is 18.4 Å². The van der Waals surface area contributed by atoms with E-state index in [0.29, 0.717) is 17.9 Å². The number of rotatable bonds is 5. The van der Waals surface area contributed by atoms with E-state index in [0.717, 1.165) is 25.3 Å². The number of halogens is 1. The van der Waals surface area contributed by atoms with Gasteiger partial charge >= 0.3 is 5.97 Å². The van der Waals surface area contributed by atoms with Gasteiger partial charge in [-0.3, -0.25) is 4.90 Å². The molecule has 1 fully saturated rings. The second kappa shape index (κ2) is 7.89. The van der Waals surface area contributed by atoms with Gasteiger partial charge in [0.25, 0.3) is 0 Å². The van der Waals surface area contributed by atoms with Gasteiger partial charge < -0.3 is 10.1 Å². The zero-order chi connectivity index (χ0) is 17.7. The molecule has 2 aromatic rings. The Bertz CT molecular complexity index is 713. The maximum atomic E-state index is 12.5. The van der Waals surface area contributed by atoms with Crippen LogP contribution >= 0.6 is 11.6 Å². The summed E-state index contributed by atoms with van der Waals surface area (Å²) in [6.07, 6.45) is 1.39. The normalized spacial score (nSPS) is 17.0. The lowest BCUT2D eigenvalue weighted by Crippen LogP contribution is -2.54. The first-order chi connectivity index (χ1) is 12.1. The monoisotopic (exact) mass is 358 g/mol. The summed E-state index contributed by atoms with van der Waals surface area (Å²) in [5.41, 5.74) is 1.43. The minimum atomic E-state index is -0.702. The van der Waals surface area contributed by atoms with Crippen LogP contribution in [-0.4, -0.2) is 36.6 Å². The lowest BCUT2D eigenvalue weighted by molar-refractivity contribution is -0.147. The molecule has 0 aromatic heterocycles. The van der Waals surface area contributed by atoms with Gasteiger partial charge in [0.05, 0.1) is 7.11 Å². The summed E-state index contributed by atoms with van der Waals surface area (Å²) >= 11 is 6.07. The van der Waals surface area contributed by atoms with Crippen molar-refractivity contribution in [3.63, 3.8) is 0 Å². The van der Waals surface area contributed by atoms with Crippen LogP contribution in [0.5, 0.6) is 0 Å². The molecule has 25 heavy (non-hydrogen) atoms. The van der Waals surface area contributed by atoms with Crippen LogP contribution < -0.4 is 5.32 Å². The van der Waals surface area contributed by atoms with E-state index < -0.39 is 5.54 Å². The van der Waals surface area contributed by atoms with Crippen LogP contribution in [0.4, 0.5) is 5.69 Å². The highest BCUT2D eigenvalue weighted by Crippen LogP contribution is 2.30. The number of ether oxygens (including phenoxy) is 1. The largest absolute Gasteiger partial charge is 0.467 e. The quantitative estimate of drug-likeness (QED) is 0.821. The Labute approximate surface area is 153 Å². The van der Waals surface area contributed by atoms with Crippen LogP contribution in [0.3, 0.4) is 0 Å². The van der Waals surface area contributed by atoms with Crippen molar-refractivity contribution in [2.75, 3.05) is 25.5 Å². The number of nitrogens with zero attached hydrogens (tertiary/aromatic N) is 1. The molecular weight excluding hydrogens is 336 g/mol. The molecule has 0 saturated carbocycles. The van der Waals surface area contributed by atoms with Crippen molar-refractivity contribution in [2.24, 2.45) is 0 Å². The predicted octanol–water partition coefficient (Wildman–Crippen LogP) is 3.96. The molecule has 0 unspecified atom stereocenters. The van der Waals surface area contributed by atoms with Gasteiger partial charge in [0.1, 0.15) is 5.54 Å². The fourth-order valence-electron chi connectivity index (χ4n) is 3.35. The summed E-state index contributed by atoms with van der Waals surface area (Å²) in [6, 6.07) is 17.9. The van der Waals surface area contributed by atoms with Crippen molar-refractivity contribution in [3.8, 4) is 0 Å². The number of anilines is 1. The molecule has 3 rings (SSSR count). The SMILES string of the molecule is COC(=O)C1(Nc2cccc(Cl)c2)CCN(Cc2ccccc2)CC1. The smallest absolute Gasteiger partial charge is 0.331 e. The summed E-state index contributed by atoms with van der Waals surface area (Å²) in [5.74, 6) is -0.216. The number of hydrogen-bond donors (Lipinski definition) is 1. The molecule has 132 valence electrons. The predicted molar refractivity (Wildman–Crippen MR) is 101 cm³/mol. The zero-order valence-corrected chi connectivity index (χ0v) is 15.1. The third-order valence-electron chi connectivity index (χ3n) is 4.74. The lowest BCUT2D eigenvalue weighted by Gasteiger charge is -2.40. The van der Waals surface area contributed by atoms with Gasteiger partial charge in [-0.15, -0.1) is 0 Å². The van der Waals surface area contributed by atoms with E-state index in [2.05, 4.69) is 34.5 Å². The molecular formula is C20H23ClN2O2. The topological polar surface area (TPSA) is 41.6 Å². The van der Waals surface area contributed by atoms with Crippen molar-refractivity contribution in [1.29, 1.82) is 0 Å². The molecule has 4 nitrogen and oxygen atoms in total. The van der Waals surface area contributed by atoms with Crippen molar-refractivity contribution in [2.45, 2.75) is 24.9 Å². The van der Waals surface area contributed by atoms with Gasteiger partial charge in [0.15, 0.2) is 0 Å². The maximum absolute atomic E-state index is 12.5. The van der Waals surface area contributed by atoms with Crippen LogP contribution in [0.15, 0.2) is 54.6 Å². The molecule has 0 bridgehead atoms. The van der Waals surface area contributed by atoms with E-state index in [4.69, 9.17) is 16.3 Å². The number of piperidine rings is 1. The lowest BCUT2D eigenvalue weighted by atomic mass is 9.86. The minimum Gasteiger partial charge on any atom is -0.467 e. The van der Waals surface area contributed by atoms with E-state index in [1.807, 2.05) is 30.3 Å². The van der Waals surface area contributed by atoms with Crippen LogP contribution in [0.2, 0.25) is 5.02 Å². The number of esters is 1. The van der Waals surface area contributed by atoms with Crippen molar-refractivity contribution < 1.29 is 9.53 Å². The van der Waals surface area contributed by atoms with Gasteiger partial charge in [0.2, 0.25) is 0 Å². The van der Waals surface area contributed by atoms with Gasteiger partial charge in [-0.1, -0.05) is 48.0 Å². The standard InChI is InChI=1S/C20H23ClN2O2/c1-25-19(24)20(22-18-9-5-8-17(21)14-18)10-12-23(13-11-20)15-16-6-3-2-4-7-16/h2-9,14,22H,10-13,15H2,1H3. The van der Waals surface area contributed by atoms with Gasteiger partial charge in [0, 0.05) is 30.3 Å². The molecule has 0 aliphatic carbocycles. The molecule has 1 aliphatic rings. The fourth-order valence-corrected chi connectivity index (χ4v) is 3.54. The Morgan fingerprint density at radius 1 is 1.16 bits per heavy atom. The highest BCUT2D eigenvalue weighted by molar-refractivity contribution is 6.30. The molecule has 1 aliphatic heterocycles. The van der Waals surface area contributed by atoms with E-state index in [1.165, 1.54) is 12.7 Å². The maximum Gasteiger partial charge on any atom is 0.331 e. The van der Waals surface area contributed by atoms with E-state index >= 15 is 0 Å². The Hall–Kier alpha value is -2.04. The molecule has 1 saturated heterocycles. The summed E-state index contributed by atoms with van der Waals surface area (Å²) in [4.78, 5) is 14.9. The Kier molecular flexibility index (Phi) is 5.61. The van der Waals surface area contributed by atoms with E-state index in [-0.39, 0.29) is 5.97 Å². The van der Waals surface area contributed by atoms with Crippen molar-refractivity contribution in [3.05, 3.63) is 65.2 Å². The molecule has 5 heteroatoms. The minimum absolute atomic E-state index is 0.216. The second-order valence-electron chi connectivity index (χ2n) is 6.47. The highest BCUT2D eigenvalue weighted by atomic mass is 35.5. The first kappa shape index (κ1) is 17.8. The van der Waals surface area contributed by atoms with Crippen LogP contribution in [0.25, 0.3) is 0 Å². The number of methoxy groups -OCH3 is 1. The van der Waals surface area contributed by atoms with Gasteiger partial charge in [-0.25, -0.2) is 4.79 Å². The summed E-state index contributed by atoms with van der Waals surface area (Å²) in [6.45, 7) is 2.56. The number of benzene rings is 2. The summed E-state index contributed by atoms with van der Waals surface area (Å²) in [7, 11) is 1.44. The molecule has 1 N–H and O–H groups in total. The summed E-state index contributed by atoms with van der Waals surface area (Å²) in [5, 5.41) is 4.03. The molecule has 0 amide bonds. The number of carbonyl (C=O) groups excluding carboxylic acids is 1. The zero-order valence-electron chi connectivity index (χ0n) is 14.4. The van der Waals surface area contributed by atoms with Crippen LogP contribution in [-0.2, 0) is 16.1 Å². The Balaban J connectivity index is 1.70. The van der Waals surface area contributed by atoms with E-state index in [1.54, 1.807) is 0 Å². The highest BCUT2D eigenvalue weighted by Gasteiger charge is 2.42. The van der Waals surface area contributed by atoms with Gasteiger partial charge in [-0.2, -0.15) is 0 Å². The van der Waals surface area contributed by atoms with Crippen molar-refractivity contribution >= 4 is 23.3 Å². The third kappa shape index (κ3) is 4.33. The molecule has 1 heterocycles. The molecule has 0 atom stereocenters. The fraction of sp³-hybridized carbons (Fsp3) is 0.350. The first-order valence-electron chi connectivity index (χ1n) is 8.50. The number of nitrogens with one attached hydrogen (secondary N) is 1. The van der Waals surface area contributed by atoms with Gasteiger partial charge in [-0.05, 0) is 36.6 Å². The molecule has 0 spiro atoms. The third-order valence-corrected chi connectivity index (χ3v) is 4.98. The number of carbonyl (C=O) groups is 1. The van der Waals surface area contributed by atoms with E-state index in [9.17, 15) is 4.79 Å². The Morgan fingerprint density at radius 3 is 2.52 bits per heavy atom. The first-order valence-corrected chi connectivity index (χ1v) is 8.87. The molecule has 0 radical (unpaired) electrons. The van der Waals surface area contributed by atoms with Crippen molar-refractivity contribution in [1.82, 2.24) is 4.90 Å². The average molecular weight is 359 g/mol. The number of hydrogen-bond acceptors (Lipinski definition) is 4. The van der Waals surface area contributed by atoms with Crippen LogP contribution in [0, 0.1) is 0 Å². The number of likely N-dealkylation sites (tertiary alicyclic amines) is 1. The molecule has 2 aromatic carbocycles.